The molecule has 0 atom stereocenters. The van der Waals surface area contributed by atoms with Crippen molar-refractivity contribution < 1.29 is 19.4 Å². The molecule has 0 aromatic carbocycles. The third-order valence-corrected chi connectivity index (χ3v) is 2.96. The number of carboxylic acid groups (broad SMARTS) is 1. The molecule has 5 heteroatoms. The van der Waals surface area contributed by atoms with Gasteiger partial charge in [-0.3, -0.25) is 4.79 Å². The fourth-order valence-electron chi connectivity index (χ4n) is 1.78. The Hall–Kier alpha value is -1.26. The molecule has 0 aliphatic rings. The average Bonchev–Trinajstić information content (AvgIpc) is 2.28. The molecule has 0 aliphatic heterocycles. The zero-order valence-electron chi connectivity index (χ0n) is 10.7. The number of aliphatic carboxylic acids is 1. The topological polar surface area (TPSA) is 89.6 Å². The molecule has 1 amide bonds. The van der Waals surface area contributed by atoms with E-state index < -0.39 is 17.5 Å². The standard InChI is InChI=1S/C12H23NO4/c1-3-5-7-12(10(14)15,8-6-4-2)9-17-11(13)16/h3-9H2,1-2H3,(H2,13,16)(H,14,15). The Morgan fingerprint density at radius 3 is 1.94 bits per heavy atom. The first-order valence-corrected chi connectivity index (χ1v) is 6.14. The van der Waals surface area contributed by atoms with Crippen LogP contribution in [0.1, 0.15) is 52.4 Å². The Labute approximate surface area is 102 Å². The van der Waals surface area contributed by atoms with Crippen LogP contribution >= 0.6 is 0 Å². The summed E-state index contributed by atoms with van der Waals surface area (Å²) in [6, 6.07) is 0. The summed E-state index contributed by atoms with van der Waals surface area (Å²) in [6.07, 6.45) is 3.56. The van der Waals surface area contributed by atoms with Gasteiger partial charge in [0.15, 0.2) is 0 Å². The molecule has 0 spiro atoms. The first kappa shape index (κ1) is 15.7. The molecule has 3 N–H and O–H groups in total. The number of primary amides is 1. The van der Waals surface area contributed by atoms with Crippen LogP contribution in [0.3, 0.4) is 0 Å². The van der Waals surface area contributed by atoms with Gasteiger partial charge in [0.1, 0.15) is 12.0 Å². The second-order valence-electron chi connectivity index (χ2n) is 4.40. The molecule has 0 aliphatic carbocycles. The predicted molar refractivity (Wildman–Crippen MR) is 64.7 cm³/mol. The van der Waals surface area contributed by atoms with Crippen molar-refractivity contribution in [3.63, 3.8) is 0 Å². The van der Waals surface area contributed by atoms with Gasteiger partial charge in [-0.1, -0.05) is 39.5 Å². The molecular formula is C12H23NO4. The predicted octanol–water partition coefficient (Wildman–Crippen LogP) is 2.53. The molecule has 0 heterocycles. The normalized spacial score (nSPS) is 11.2. The van der Waals surface area contributed by atoms with Crippen molar-refractivity contribution in [1.82, 2.24) is 0 Å². The molecule has 0 rings (SSSR count). The molecule has 17 heavy (non-hydrogen) atoms. The molecule has 100 valence electrons. The number of nitrogens with two attached hydrogens (primary N) is 1. The van der Waals surface area contributed by atoms with Crippen molar-refractivity contribution in [2.24, 2.45) is 11.1 Å². The molecule has 5 nitrogen and oxygen atoms in total. The van der Waals surface area contributed by atoms with Gasteiger partial charge < -0.3 is 15.6 Å². The molecule has 0 aromatic heterocycles. The van der Waals surface area contributed by atoms with Gasteiger partial charge in [-0.15, -0.1) is 0 Å². The number of hydrogen-bond acceptors (Lipinski definition) is 3. The molecule has 0 saturated heterocycles. The van der Waals surface area contributed by atoms with Crippen LogP contribution in [0.25, 0.3) is 0 Å². The van der Waals surface area contributed by atoms with E-state index in [9.17, 15) is 14.7 Å². The number of unbranched alkanes of at least 4 members (excludes halogenated alkanes) is 2. The second kappa shape index (κ2) is 7.92. The lowest BCUT2D eigenvalue weighted by Gasteiger charge is -2.28. The highest BCUT2D eigenvalue weighted by molar-refractivity contribution is 5.75. The summed E-state index contributed by atoms with van der Waals surface area (Å²) < 4.78 is 4.72. The maximum absolute atomic E-state index is 11.4. The Bertz CT molecular complexity index is 245. The Morgan fingerprint density at radius 1 is 1.18 bits per heavy atom. The molecule has 0 bridgehead atoms. The summed E-state index contributed by atoms with van der Waals surface area (Å²) in [5.41, 5.74) is 3.93. The summed E-state index contributed by atoms with van der Waals surface area (Å²) in [6.45, 7) is 3.88. The second-order valence-corrected chi connectivity index (χ2v) is 4.40. The summed E-state index contributed by atoms with van der Waals surface area (Å²) in [5.74, 6) is -0.902. The lowest BCUT2D eigenvalue weighted by atomic mass is 9.79. The van der Waals surface area contributed by atoms with Crippen molar-refractivity contribution in [1.29, 1.82) is 0 Å². The van der Waals surface area contributed by atoms with E-state index in [0.29, 0.717) is 12.8 Å². The van der Waals surface area contributed by atoms with E-state index in [1.807, 2.05) is 13.8 Å². The van der Waals surface area contributed by atoms with Gasteiger partial charge in [-0.25, -0.2) is 4.79 Å². The van der Waals surface area contributed by atoms with Crippen LogP contribution in [0.4, 0.5) is 4.79 Å². The maximum atomic E-state index is 11.4. The summed E-state index contributed by atoms with van der Waals surface area (Å²) in [7, 11) is 0. The van der Waals surface area contributed by atoms with Gasteiger partial charge in [0.25, 0.3) is 0 Å². The number of ether oxygens (including phenoxy) is 1. The van der Waals surface area contributed by atoms with Crippen LogP contribution < -0.4 is 5.73 Å². The van der Waals surface area contributed by atoms with Crippen molar-refractivity contribution in [3.8, 4) is 0 Å². The number of amides is 1. The lowest BCUT2D eigenvalue weighted by molar-refractivity contribution is -0.152. The van der Waals surface area contributed by atoms with Crippen molar-refractivity contribution in [3.05, 3.63) is 0 Å². The van der Waals surface area contributed by atoms with Crippen LogP contribution in [0.15, 0.2) is 0 Å². The smallest absolute Gasteiger partial charge is 0.404 e. The summed E-state index contributed by atoms with van der Waals surface area (Å²) >= 11 is 0. The third-order valence-electron chi connectivity index (χ3n) is 2.96. The SMILES string of the molecule is CCCCC(CCCC)(COC(N)=O)C(=O)O. The van der Waals surface area contributed by atoms with Crippen LogP contribution in [-0.4, -0.2) is 23.8 Å². The minimum absolute atomic E-state index is 0.127. The summed E-state index contributed by atoms with van der Waals surface area (Å²) in [5, 5.41) is 9.36. The maximum Gasteiger partial charge on any atom is 0.404 e. The highest BCUT2D eigenvalue weighted by Crippen LogP contribution is 2.32. The lowest BCUT2D eigenvalue weighted by Crippen LogP contribution is -2.37. The molecule has 0 saturated carbocycles. The fraction of sp³-hybridized carbons (Fsp3) is 0.833. The van der Waals surface area contributed by atoms with E-state index in [2.05, 4.69) is 0 Å². The Morgan fingerprint density at radius 2 is 1.65 bits per heavy atom. The number of carboxylic acids is 1. The minimum atomic E-state index is -0.971. The van der Waals surface area contributed by atoms with Crippen LogP contribution in [0, 0.1) is 5.41 Å². The molecule has 0 aromatic rings. The van der Waals surface area contributed by atoms with E-state index in [1.165, 1.54) is 0 Å². The average molecular weight is 245 g/mol. The zero-order chi connectivity index (χ0) is 13.3. The van der Waals surface area contributed by atoms with Gasteiger partial charge in [0, 0.05) is 0 Å². The Balaban J connectivity index is 4.68. The van der Waals surface area contributed by atoms with Gasteiger partial charge in [0.05, 0.1) is 0 Å². The number of carbonyl (C=O) groups excluding carboxylic acids is 1. The molecule has 0 radical (unpaired) electrons. The third kappa shape index (κ3) is 5.56. The van der Waals surface area contributed by atoms with E-state index in [1.54, 1.807) is 0 Å². The minimum Gasteiger partial charge on any atom is -0.481 e. The highest BCUT2D eigenvalue weighted by atomic mass is 16.5. The summed E-state index contributed by atoms with van der Waals surface area (Å²) in [4.78, 5) is 22.0. The quantitative estimate of drug-likeness (QED) is 0.653. The largest absolute Gasteiger partial charge is 0.481 e. The molecule has 0 unspecified atom stereocenters. The Kier molecular flexibility index (Phi) is 7.34. The highest BCUT2D eigenvalue weighted by Gasteiger charge is 2.38. The van der Waals surface area contributed by atoms with Crippen molar-refractivity contribution in [2.75, 3.05) is 6.61 Å². The number of hydrogen-bond donors (Lipinski definition) is 2. The molecule has 0 fully saturated rings. The van der Waals surface area contributed by atoms with E-state index >= 15 is 0 Å². The zero-order valence-corrected chi connectivity index (χ0v) is 10.7. The first-order chi connectivity index (χ1) is 7.98. The monoisotopic (exact) mass is 245 g/mol. The van der Waals surface area contributed by atoms with Crippen LogP contribution in [-0.2, 0) is 9.53 Å². The van der Waals surface area contributed by atoms with Crippen LogP contribution in [0.2, 0.25) is 0 Å². The number of rotatable bonds is 9. The molecular weight excluding hydrogens is 222 g/mol. The number of carbonyl (C=O) groups is 2. The van der Waals surface area contributed by atoms with Gasteiger partial charge in [-0.05, 0) is 12.8 Å². The fourth-order valence-corrected chi connectivity index (χ4v) is 1.78. The van der Waals surface area contributed by atoms with Crippen molar-refractivity contribution >= 4 is 12.1 Å². The van der Waals surface area contributed by atoms with Gasteiger partial charge in [-0.2, -0.15) is 0 Å². The van der Waals surface area contributed by atoms with E-state index in [4.69, 9.17) is 10.5 Å². The first-order valence-electron chi connectivity index (χ1n) is 6.14. The van der Waals surface area contributed by atoms with Gasteiger partial charge in [0.2, 0.25) is 0 Å². The van der Waals surface area contributed by atoms with E-state index in [0.717, 1.165) is 25.7 Å². The van der Waals surface area contributed by atoms with Gasteiger partial charge >= 0.3 is 12.1 Å². The van der Waals surface area contributed by atoms with Crippen LogP contribution in [0.5, 0.6) is 0 Å². The van der Waals surface area contributed by atoms with E-state index in [-0.39, 0.29) is 6.61 Å². The van der Waals surface area contributed by atoms with Crippen molar-refractivity contribution in [2.45, 2.75) is 52.4 Å².